The Hall–Kier alpha value is -1.18. The van der Waals surface area contributed by atoms with Crippen LogP contribution < -0.4 is 0 Å². The van der Waals surface area contributed by atoms with Gasteiger partial charge >= 0.3 is 5.97 Å². The third kappa shape index (κ3) is 4.39. The van der Waals surface area contributed by atoms with Gasteiger partial charge in [-0.1, -0.05) is 11.6 Å². The van der Waals surface area contributed by atoms with Crippen LogP contribution in [0.4, 0.5) is 4.39 Å². The highest BCUT2D eigenvalue weighted by Gasteiger charge is 2.33. The van der Waals surface area contributed by atoms with E-state index < -0.39 is 21.6 Å². The van der Waals surface area contributed by atoms with E-state index in [1.54, 1.807) is 0 Å². The van der Waals surface area contributed by atoms with Crippen molar-refractivity contribution in [2.45, 2.75) is 19.0 Å². The average molecular weight is 336 g/mol. The van der Waals surface area contributed by atoms with Gasteiger partial charge in [0.1, 0.15) is 5.82 Å². The lowest BCUT2D eigenvalue weighted by Crippen LogP contribution is -2.39. The predicted molar refractivity (Wildman–Crippen MR) is 76.5 cm³/mol. The van der Waals surface area contributed by atoms with Crippen LogP contribution >= 0.6 is 11.6 Å². The Morgan fingerprint density at radius 2 is 2.19 bits per heavy atom. The van der Waals surface area contributed by atoms with Crippen molar-refractivity contribution < 1.29 is 22.7 Å². The highest BCUT2D eigenvalue weighted by Crippen LogP contribution is 2.23. The fourth-order valence-corrected chi connectivity index (χ4v) is 4.37. The number of benzene rings is 1. The van der Waals surface area contributed by atoms with E-state index in [-0.39, 0.29) is 30.6 Å². The van der Waals surface area contributed by atoms with Crippen molar-refractivity contribution >= 4 is 27.4 Å². The van der Waals surface area contributed by atoms with Crippen molar-refractivity contribution in [2.75, 3.05) is 18.1 Å². The van der Waals surface area contributed by atoms with Crippen LogP contribution in [0.25, 0.3) is 0 Å². The maximum atomic E-state index is 13.3. The topological polar surface area (TPSA) is 74.7 Å². The molecule has 5 nitrogen and oxygen atoms in total. The second-order valence-corrected chi connectivity index (χ2v) is 7.73. The van der Waals surface area contributed by atoms with E-state index in [4.69, 9.17) is 16.7 Å². The number of rotatable bonds is 5. The first-order chi connectivity index (χ1) is 9.77. The van der Waals surface area contributed by atoms with Crippen LogP contribution in [0.2, 0.25) is 5.02 Å². The summed E-state index contributed by atoms with van der Waals surface area (Å²) in [6, 6.07) is 3.47. The number of nitrogens with zero attached hydrogens (tertiary/aromatic N) is 1. The summed E-state index contributed by atoms with van der Waals surface area (Å²) in [5.41, 5.74) is 0.446. The highest BCUT2D eigenvalue weighted by atomic mass is 35.5. The number of aliphatic carboxylic acids is 1. The fraction of sp³-hybridized carbons (Fsp3) is 0.462. The van der Waals surface area contributed by atoms with Crippen molar-refractivity contribution in [3.8, 4) is 0 Å². The van der Waals surface area contributed by atoms with Gasteiger partial charge in [0.25, 0.3) is 0 Å². The van der Waals surface area contributed by atoms with E-state index in [9.17, 15) is 17.6 Å². The molecule has 1 aromatic carbocycles. The Kier molecular flexibility index (Phi) is 4.85. The quantitative estimate of drug-likeness (QED) is 0.883. The molecule has 0 bridgehead atoms. The van der Waals surface area contributed by atoms with Crippen molar-refractivity contribution in [3.05, 3.63) is 34.6 Å². The van der Waals surface area contributed by atoms with Crippen LogP contribution in [-0.2, 0) is 21.2 Å². The lowest BCUT2D eigenvalue weighted by atomic mass is 10.1. The fourth-order valence-electron chi connectivity index (χ4n) is 2.43. The van der Waals surface area contributed by atoms with Gasteiger partial charge in [0.2, 0.25) is 0 Å². The number of hydrogen-bond acceptors (Lipinski definition) is 4. The molecule has 2 rings (SSSR count). The number of carbonyl (C=O) groups is 1. The number of sulfone groups is 1. The molecule has 8 heteroatoms. The van der Waals surface area contributed by atoms with Crippen molar-refractivity contribution in [1.29, 1.82) is 0 Å². The number of hydrogen-bond donors (Lipinski definition) is 1. The van der Waals surface area contributed by atoms with Gasteiger partial charge in [0.05, 0.1) is 18.1 Å². The molecule has 0 radical (unpaired) electrons. The Labute approximate surface area is 127 Å². The molecule has 1 aliphatic rings. The van der Waals surface area contributed by atoms with E-state index >= 15 is 0 Å². The minimum Gasteiger partial charge on any atom is -0.480 e. The third-order valence-electron chi connectivity index (χ3n) is 3.44. The van der Waals surface area contributed by atoms with Crippen LogP contribution in [0.5, 0.6) is 0 Å². The summed E-state index contributed by atoms with van der Waals surface area (Å²) in [5, 5.41) is 9.30. The number of halogens is 2. The molecule has 1 atom stereocenters. The Balaban J connectivity index is 2.20. The molecule has 0 aromatic heterocycles. The molecule has 1 N–H and O–H groups in total. The molecule has 1 aromatic rings. The Morgan fingerprint density at radius 1 is 1.48 bits per heavy atom. The standard InChI is InChI=1S/C13H15ClFNO4S/c14-12-2-1-10(15)5-9(12)6-16(7-13(17)18)11-3-4-21(19,20)8-11/h1-2,5,11H,3-4,6-8H2,(H,17,18). The van der Waals surface area contributed by atoms with E-state index in [0.29, 0.717) is 17.0 Å². The summed E-state index contributed by atoms with van der Waals surface area (Å²) in [6.45, 7) is -0.212. The average Bonchev–Trinajstić information content (AvgIpc) is 2.73. The van der Waals surface area contributed by atoms with E-state index in [2.05, 4.69) is 0 Å². The molecule has 1 aliphatic heterocycles. The molecule has 1 heterocycles. The summed E-state index contributed by atoms with van der Waals surface area (Å²) in [4.78, 5) is 12.5. The van der Waals surface area contributed by atoms with Gasteiger partial charge in [0.15, 0.2) is 9.84 Å². The molecule has 1 fully saturated rings. The first-order valence-electron chi connectivity index (χ1n) is 6.37. The zero-order chi connectivity index (χ0) is 15.6. The van der Waals surface area contributed by atoms with Crippen LogP contribution in [0.15, 0.2) is 18.2 Å². The second-order valence-electron chi connectivity index (χ2n) is 5.09. The van der Waals surface area contributed by atoms with Crippen molar-refractivity contribution in [3.63, 3.8) is 0 Å². The van der Waals surface area contributed by atoms with Crippen molar-refractivity contribution in [1.82, 2.24) is 4.90 Å². The summed E-state index contributed by atoms with van der Waals surface area (Å²) in [7, 11) is -3.13. The maximum Gasteiger partial charge on any atom is 0.317 e. The first-order valence-corrected chi connectivity index (χ1v) is 8.57. The first kappa shape index (κ1) is 16.2. The molecule has 0 spiro atoms. The van der Waals surface area contributed by atoms with Gasteiger partial charge in [-0.2, -0.15) is 0 Å². The van der Waals surface area contributed by atoms with Gasteiger partial charge in [0, 0.05) is 17.6 Å². The monoisotopic (exact) mass is 335 g/mol. The third-order valence-corrected chi connectivity index (χ3v) is 5.56. The van der Waals surface area contributed by atoms with Crippen LogP contribution in [0.1, 0.15) is 12.0 Å². The molecular formula is C13H15ClFNO4S. The zero-order valence-electron chi connectivity index (χ0n) is 11.1. The molecule has 0 saturated carbocycles. The van der Waals surface area contributed by atoms with E-state index in [0.717, 1.165) is 0 Å². The lowest BCUT2D eigenvalue weighted by Gasteiger charge is -2.26. The van der Waals surface area contributed by atoms with Crippen LogP contribution in [0.3, 0.4) is 0 Å². The summed E-state index contributed by atoms with van der Waals surface area (Å²) >= 11 is 5.98. The normalized spacial score (nSPS) is 20.8. The molecule has 21 heavy (non-hydrogen) atoms. The number of carboxylic acid groups (broad SMARTS) is 1. The predicted octanol–water partition coefficient (Wildman–Crippen LogP) is 1.55. The van der Waals surface area contributed by atoms with E-state index in [1.165, 1.54) is 23.1 Å². The molecule has 1 unspecified atom stereocenters. The minimum atomic E-state index is -3.13. The molecule has 116 valence electrons. The summed E-state index contributed by atoms with van der Waals surface area (Å²) in [5.74, 6) is -1.56. The molecule has 0 amide bonds. The Bertz CT molecular complexity index is 650. The van der Waals surface area contributed by atoms with Gasteiger partial charge in [-0.25, -0.2) is 12.8 Å². The maximum absolute atomic E-state index is 13.3. The molecule has 0 aliphatic carbocycles. The van der Waals surface area contributed by atoms with E-state index in [1.807, 2.05) is 0 Å². The minimum absolute atomic E-state index is 0.0463. The highest BCUT2D eigenvalue weighted by molar-refractivity contribution is 7.91. The van der Waals surface area contributed by atoms with Gasteiger partial charge < -0.3 is 5.11 Å². The van der Waals surface area contributed by atoms with Gasteiger partial charge in [-0.05, 0) is 30.2 Å². The molecule has 1 saturated heterocycles. The van der Waals surface area contributed by atoms with Crippen LogP contribution in [0, 0.1) is 5.82 Å². The lowest BCUT2D eigenvalue weighted by molar-refractivity contribution is -0.139. The van der Waals surface area contributed by atoms with Crippen molar-refractivity contribution in [2.24, 2.45) is 0 Å². The zero-order valence-corrected chi connectivity index (χ0v) is 12.7. The largest absolute Gasteiger partial charge is 0.480 e. The van der Waals surface area contributed by atoms with Gasteiger partial charge in [-0.3, -0.25) is 9.69 Å². The Morgan fingerprint density at radius 3 is 2.76 bits per heavy atom. The van der Waals surface area contributed by atoms with Gasteiger partial charge in [-0.15, -0.1) is 0 Å². The molecular weight excluding hydrogens is 321 g/mol. The summed E-state index contributed by atoms with van der Waals surface area (Å²) in [6.07, 6.45) is 0.378. The second kappa shape index (κ2) is 6.29. The smallest absolute Gasteiger partial charge is 0.317 e. The summed E-state index contributed by atoms with van der Waals surface area (Å²) < 4.78 is 36.4. The SMILES string of the molecule is O=C(O)CN(Cc1cc(F)ccc1Cl)C1CCS(=O)(=O)C1. The number of carboxylic acids is 1. The van der Waals surface area contributed by atoms with Crippen LogP contribution in [-0.4, -0.2) is 48.5 Å².